The van der Waals surface area contributed by atoms with Crippen LogP contribution in [-0.2, 0) is 16.0 Å². The summed E-state index contributed by atoms with van der Waals surface area (Å²) in [5.74, 6) is 0.857. The molecule has 0 saturated carbocycles. The van der Waals surface area contributed by atoms with E-state index < -0.39 is 6.04 Å². The third-order valence-corrected chi connectivity index (χ3v) is 4.83. The van der Waals surface area contributed by atoms with Crippen molar-refractivity contribution in [2.75, 3.05) is 19.4 Å². The van der Waals surface area contributed by atoms with Crippen LogP contribution in [0.5, 0.6) is 5.75 Å². The third kappa shape index (κ3) is 6.80. The predicted octanol–water partition coefficient (Wildman–Crippen LogP) is 2.65. The maximum atomic E-state index is 12.4. The molecule has 0 fully saturated rings. The Bertz CT molecular complexity index is 705. The van der Waals surface area contributed by atoms with E-state index in [4.69, 9.17) is 4.74 Å². The van der Waals surface area contributed by atoms with Gasteiger partial charge in [-0.2, -0.15) is 0 Å². The molecule has 2 amide bonds. The number of benzene rings is 2. The molecule has 2 rings (SSSR count). The number of hydrogen-bond acceptors (Lipinski definition) is 4. The lowest BCUT2D eigenvalue weighted by Gasteiger charge is -2.17. The minimum absolute atomic E-state index is 0.169. The largest absolute Gasteiger partial charge is 0.497 e. The van der Waals surface area contributed by atoms with Gasteiger partial charge in [-0.15, -0.1) is 11.8 Å². The summed E-state index contributed by atoms with van der Waals surface area (Å²) in [6, 6.07) is 17.0. The smallest absolute Gasteiger partial charge is 0.243 e. The number of methoxy groups -OCH3 is 1. The lowest BCUT2D eigenvalue weighted by molar-refractivity contribution is -0.127. The van der Waals surface area contributed by atoms with Gasteiger partial charge >= 0.3 is 0 Å². The fraction of sp³-hybridized carbons (Fsp3) is 0.300. The molecule has 0 aromatic heterocycles. The molecule has 26 heavy (non-hydrogen) atoms. The summed E-state index contributed by atoms with van der Waals surface area (Å²) in [6.45, 7) is 1.95. The first kappa shape index (κ1) is 19.8. The van der Waals surface area contributed by atoms with Gasteiger partial charge < -0.3 is 15.4 Å². The molecule has 0 aliphatic rings. The highest BCUT2D eigenvalue weighted by atomic mass is 32.2. The van der Waals surface area contributed by atoms with Gasteiger partial charge in [0.1, 0.15) is 11.8 Å². The minimum atomic E-state index is -0.574. The average Bonchev–Trinajstić information content (AvgIpc) is 2.66. The molecule has 5 nitrogen and oxygen atoms in total. The number of carbonyl (C=O) groups is 2. The van der Waals surface area contributed by atoms with E-state index in [-0.39, 0.29) is 11.8 Å². The first-order valence-corrected chi connectivity index (χ1v) is 9.42. The van der Waals surface area contributed by atoms with Gasteiger partial charge in [-0.3, -0.25) is 9.59 Å². The standard InChI is InChI=1S/C20H24N2O3S/c1-15(23)22-19(14-26-18-10-8-17(25-2)9-11-18)20(24)21-13-12-16-6-4-3-5-7-16/h3-11,19H,12-14H2,1-2H3,(H,21,24)(H,22,23). The number of nitrogens with one attached hydrogen (secondary N) is 2. The maximum Gasteiger partial charge on any atom is 0.243 e. The number of hydrogen-bond donors (Lipinski definition) is 2. The zero-order valence-electron chi connectivity index (χ0n) is 15.0. The van der Waals surface area contributed by atoms with Gasteiger partial charge in [0.2, 0.25) is 11.8 Å². The van der Waals surface area contributed by atoms with E-state index >= 15 is 0 Å². The van der Waals surface area contributed by atoms with Crippen LogP contribution < -0.4 is 15.4 Å². The molecule has 2 aromatic carbocycles. The van der Waals surface area contributed by atoms with Crippen LogP contribution in [0, 0.1) is 0 Å². The van der Waals surface area contributed by atoms with Crippen LogP contribution in [0.1, 0.15) is 12.5 Å². The van der Waals surface area contributed by atoms with Crippen molar-refractivity contribution in [3.8, 4) is 5.75 Å². The molecule has 138 valence electrons. The molecule has 1 atom stereocenters. The fourth-order valence-electron chi connectivity index (χ4n) is 2.38. The van der Waals surface area contributed by atoms with Gasteiger partial charge in [-0.05, 0) is 36.2 Å². The highest BCUT2D eigenvalue weighted by Crippen LogP contribution is 2.22. The van der Waals surface area contributed by atoms with Crippen LogP contribution in [0.2, 0.25) is 0 Å². The Morgan fingerprint density at radius 1 is 1.08 bits per heavy atom. The number of amides is 2. The lowest BCUT2D eigenvalue weighted by atomic mass is 10.1. The van der Waals surface area contributed by atoms with Crippen molar-refractivity contribution >= 4 is 23.6 Å². The number of carbonyl (C=O) groups excluding carboxylic acids is 2. The van der Waals surface area contributed by atoms with Crippen LogP contribution in [0.4, 0.5) is 0 Å². The Morgan fingerprint density at radius 3 is 2.38 bits per heavy atom. The molecule has 0 aliphatic heterocycles. The van der Waals surface area contributed by atoms with E-state index in [1.807, 2.05) is 54.6 Å². The highest BCUT2D eigenvalue weighted by molar-refractivity contribution is 7.99. The minimum Gasteiger partial charge on any atom is -0.497 e. The monoisotopic (exact) mass is 372 g/mol. The molecule has 0 spiro atoms. The first-order valence-electron chi connectivity index (χ1n) is 8.44. The van der Waals surface area contributed by atoms with Crippen molar-refractivity contribution in [2.45, 2.75) is 24.3 Å². The third-order valence-electron chi connectivity index (χ3n) is 3.73. The molecule has 0 radical (unpaired) electrons. The van der Waals surface area contributed by atoms with Crippen LogP contribution >= 0.6 is 11.8 Å². The molecule has 2 N–H and O–H groups in total. The molecule has 0 aliphatic carbocycles. The molecule has 0 bridgehead atoms. The maximum absolute atomic E-state index is 12.4. The van der Waals surface area contributed by atoms with Gasteiger partial charge in [0.25, 0.3) is 0 Å². The molecular weight excluding hydrogens is 348 g/mol. The van der Waals surface area contributed by atoms with Crippen molar-refractivity contribution in [3.05, 3.63) is 60.2 Å². The molecule has 2 aromatic rings. The van der Waals surface area contributed by atoms with E-state index in [1.54, 1.807) is 7.11 Å². The van der Waals surface area contributed by atoms with Crippen molar-refractivity contribution in [1.29, 1.82) is 0 Å². The van der Waals surface area contributed by atoms with Gasteiger partial charge in [0, 0.05) is 24.1 Å². The number of rotatable bonds is 9. The van der Waals surface area contributed by atoms with Gasteiger partial charge in [0.15, 0.2) is 0 Å². The molecular formula is C20H24N2O3S. The van der Waals surface area contributed by atoms with Crippen LogP contribution in [0.3, 0.4) is 0 Å². The van der Waals surface area contributed by atoms with E-state index in [2.05, 4.69) is 10.6 Å². The Hall–Kier alpha value is -2.47. The average molecular weight is 372 g/mol. The zero-order valence-corrected chi connectivity index (χ0v) is 15.8. The molecule has 0 heterocycles. The summed E-state index contributed by atoms with van der Waals surface area (Å²) < 4.78 is 5.14. The lowest BCUT2D eigenvalue weighted by Crippen LogP contribution is -2.48. The van der Waals surface area contributed by atoms with E-state index in [0.29, 0.717) is 12.3 Å². The van der Waals surface area contributed by atoms with Crippen LogP contribution in [-0.4, -0.2) is 37.3 Å². The SMILES string of the molecule is COc1ccc(SCC(NC(C)=O)C(=O)NCCc2ccccc2)cc1. The van der Waals surface area contributed by atoms with Crippen molar-refractivity contribution < 1.29 is 14.3 Å². The highest BCUT2D eigenvalue weighted by Gasteiger charge is 2.19. The second-order valence-electron chi connectivity index (χ2n) is 5.77. The molecule has 0 saturated heterocycles. The quantitative estimate of drug-likeness (QED) is 0.664. The first-order chi connectivity index (χ1) is 12.6. The summed E-state index contributed by atoms with van der Waals surface area (Å²) in [7, 11) is 1.62. The summed E-state index contributed by atoms with van der Waals surface area (Å²) in [5, 5.41) is 5.63. The Morgan fingerprint density at radius 2 is 1.77 bits per heavy atom. The van der Waals surface area contributed by atoms with Crippen LogP contribution in [0.25, 0.3) is 0 Å². The van der Waals surface area contributed by atoms with Gasteiger partial charge in [-0.1, -0.05) is 30.3 Å². The topological polar surface area (TPSA) is 67.4 Å². The van der Waals surface area contributed by atoms with Crippen LogP contribution in [0.15, 0.2) is 59.5 Å². The van der Waals surface area contributed by atoms with E-state index in [9.17, 15) is 9.59 Å². The molecule has 6 heteroatoms. The molecule has 1 unspecified atom stereocenters. The second-order valence-corrected chi connectivity index (χ2v) is 6.86. The van der Waals surface area contributed by atoms with Gasteiger partial charge in [-0.25, -0.2) is 0 Å². The number of ether oxygens (including phenoxy) is 1. The fourth-order valence-corrected chi connectivity index (χ4v) is 3.30. The van der Waals surface area contributed by atoms with Gasteiger partial charge in [0.05, 0.1) is 7.11 Å². The van der Waals surface area contributed by atoms with E-state index in [0.717, 1.165) is 22.6 Å². The Kier molecular flexibility index (Phi) is 8.02. The van der Waals surface area contributed by atoms with Crippen molar-refractivity contribution in [1.82, 2.24) is 10.6 Å². The second kappa shape index (κ2) is 10.5. The Labute approximate surface area is 158 Å². The van der Waals surface area contributed by atoms with Crippen molar-refractivity contribution in [3.63, 3.8) is 0 Å². The summed E-state index contributed by atoms with van der Waals surface area (Å²) >= 11 is 1.52. The normalized spacial score (nSPS) is 11.5. The number of thioether (sulfide) groups is 1. The summed E-state index contributed by atoms with van der Waals surface area (Å²) in [6.07, 6.45) is 0.755. The zero-order chi connectivity index (χ0) is 18.8. The predicted molar refractivity (Wildman–Crippen MR) is 104 cm³/mol. The van der Waals surface area contributed by atoms with Crippen molar-refractivity contribution in [2.24, 2.45) is 0 Å². The summed E-state index contributed by atoms with van der Waals surface area (Å²) in [5.41, 5.74) is 1.16. The summed E-state index contributed by atoms with van der Waals surface area (Å²) in [4.78, 5) is 24.9. The van der Waals surface area contributed by atoms with E-state index in [1.165, 1.54) is 18.7 Å². The Balaban J connectivity index is 1.85.